The van der Waals surface area contributed by atoms with Crippen molar-refractivity contribution in [2.75, 3.05) is 40.4 Å². The molecule has 0 aromatic heterocycles. The van der Waals surface area contributed by atoms with Crippen LogP contribution < -0.4 is 9.47 Å². The Kier molecular flexibility index (Phi) is 5.06. The second-order valence-corrected chi connectivity index (χ2v) is 6.32. The molecule has 0 N–H and O–H groups in total. The van der Waals surface area contributed by atoms with Crippen LogP contribution in [0.25, 0.3) is 0 Å². The SMILES string of the molecule is COc1ccc(OC)c([C@H]2CCCN2CC(=O)N2CCCC2)c1. The van der Waals surface area contributed by atoms with Gasteiger partial charge >= 0.3 is 0 Å². The van der Waals surface area contributed by atoms with Crippen LogP contribution in [0.5, 0.6) is 11.5 Å². The normalized spacial score (nSPS) is 21.7. The maximum atomic E-state index is 12.5. The van der Waals surface area contributed by atoms with Crippen LogP contribution >= 0.6 is 0 Å². The first-order chi connectivity index (χ1) is 11.2. The van der Waals surface area contributed by atoms with Crippen molar-refractivity contribution in [2.24, 2.45) is 0 Å². The molecule has 0 spiro atoms. The van der Waals surface area contributed by atoms with Gasteiger partial charge < -0.3 is 14.4 Å². The van der Waals surface area contributed by atoms with Crippen molar-refractivity contribution < 1.29 is 14.3 Å². The standard InChI is InChI=1S/C18H26N2O3/c1-22-14-7-8-17(23-2)15(12-14)16-6-5-11-20(16)13-18(21)19-9-3-4-10-19/h7-8,12,16H,3-6,9-11,13H2,1-2H3/t16-/m1/s1. The van der Waals surface area contributed by atoms with E-state index in [1.807, 2.05) is 23.1 Å². The highest BCUT2D eigenvalue weighted by atomic mass is 16.5. The van der Waals surface area contributed by atoms with Gasteiger partial charge in [-0.05, 0) is 50.4 Å². The van der Waals surface area contributed by atoms with E-state index in [-0.39, 0.29) is 11.9 Å². The lowest BCUT2D eigenvalue weighted by Gasteiger charge is -2.27. The summed E-state index contributed by atoms with van der Waals surface area (Å²) >= 11 is 0. The fourth-order valence-electron chi connectivity index (χ4n) is 3.71. The Morgan fingerprint density at radius 2 is 1.91 bits per heavy atom. The quantitative estimate of drug-likeness (QED) is 0.836. The molecule has 1 amide bonds. The highest BCUT2D eigenvalue weighted by molar-refractivity contribution is 5.78. The number of benzene rings is 1. The third kappa shape index (κ3) is 3.44. The summed E-state index contributed by atoms with van der Waals surface area (Å²) in [6, 6.07) is 6.14. The minimum absolute atomic E-state index is 0.228. The predicted molar refractivity (Wildman–Crippen MR) is 88.9 cm³/mol. The topological polar surface area (TPSA) is 42.0 Å². The third-order valence-electron chi connectivity index (χ3n) is 4.96. The predicted octanol–water partition coefficient (Wildman–Crippen LogP) is 2.46. The number of amides is 1. The van der Waals surface area contributed by atoms with Crippen molar-refractivity contribution >= 4 is 5.91 Å². The average molecular weight is 318 g/mol. The van der Waals surface area contributed by atoms with Gasteiger partial charge in [-0.2, -0.15) is 0 Å². The molecule has 1 aromatic rings. The molecule has 1 atom stereocenters. The molecule has 2 heterocycles. The first-order valence-corrected chi connectivity index (χ1v) is 8.46. The molecule has 0 unspecified atom stereocenters. The zero-order valence-electron chi connectivity index (χ0n) is 14.1. The molecule has 2 fully saturated rings. The van der Waals surface area contributed by atoms with Gasteiger partial charge in [-0.15, -0.1) is 0 Å². The molecule has 2 aliphatic rings. The second-order valence-electron chi connectivity index (χ2n) is 6.32. The van der Waals surface area contributed by atoms with Crippen LogP contribution in [-0.2, 0) is 4.79 Å². The molecule has 0 radical (unpaired) electrons. The summed E-state index contributed by atoms with van der Waals surface area (Å²) < 4.78 is 10.9. The fraction of sp³-hybridized carbons (Fsp3) is 0.611. The smallest absolute Gasteiger partial charge is 0.236 e. The molecule has 2 aliphatic heterocycles. The van der Waals surface area contributed by atoms with Gasteiger partial charge in [-0.3, -0.25) is 9.69 Å². The lowest BCUT2D eigenvalue weighted by molar-refractivity contribution is -0.131. The monoisotopic (exact) mass is 318 g/mol. The Morgan fingerprint density at radius 1 is 1.13 bits per heavy atom. The molecule has 2 saturated heterocycles. The Hall–Kier alpha value is -1.75. The Labute approximate surface area is 138 Å². The van der Waals surface area contributed by atoms with Gasteiger partial charge in [0.05, 0.1) is 20.8 Å². The van der Waals surface area contributed by atoms with Crippen molar-refractivity contribution in [3.05, 3.63) is 23.8 Å². The summed E-state index contributed by atoms with van der Waals surface area (Å²) in [6.45, 7) is 3.30. The van der Waals surface area contributed by atoms with Crippen LogP contribution in [0.15, 0.2) is 18.2 Å². The van der Waals surface area contributed by atoms with E-state index in [0.717, 1.165) is 62.4 Å². The highest BCUT2D eigenvalue weighted by Crippen LogP contribution is 2.38. The van der Waals surface area contributed by atoms with Crippen LogP contribution in [0.4, 0.5) is 0 Å². The van der Waals surface area contributed by atoms with E-state index in [9.17, 15) is 4.79 Å². The molecular formula is C18H26N2O3. The summed E-state index contributed by atoms with van der Waals surface area (Å²) in [5.41, 5.74) is 1.12. The number of ether oxygens (including phenoxy) is 2. The van der Waals surface area contributed by atoms with Crippen LogP contribution in [0.3, 0.4) is 0 Å². The maximum absolute atomic E-state index is 12.5. The number of hydrogen-bond donors (Lipinski definition) is 0. The number of methoxy groups -OCH3 is 2. The van der Waals surface area contributed by atoms with Crippen LogP contribution in [0.1, 0.15) is 37.3 Å². The average Bonchev–Trinajstić information content (AvgIpc) is 3.25. The Bertz CT molecular complexity index is 555. The van der Waals surface area contributed by atoms with Gasteiger partial charge in [0, 0.05) is 24.7 Å². The zero-order valence-corrected chi connectivity index (χ0v) is 14.1. The van der Waals surface area contributed by atoms with Gasteiger partial charge in [0.2, 0.25) is 5.91 Å². The second kappa shape index (κ2) is 7.21. The maximum Gasteiger partial charge on any atom is 0.236 e. The number of likely N-dealkylation sites (tertiary alicyclic amines) is 2. The van der Waals surface area contributed by atoms with E-state index in [2.05, 4.69) is 4.90 Å². The molecule has 3 rings (SSSR count). The van der Waals surface area contributed by atoms with E-state index in [1.54, 1.807) is 14.2 Å². The highest BCUT2D eigenvalue weighted by Gasteiger charge is 2.31. The zero-order chi connectivity index (χ0) is 16.2. The van der Waals surface area contributed by atoms with Gasteiger partial charge in [0.25, 0.3) is 0 Å². The van der Waals surface area contributed by atoms with Crippen molar-refractivity contribution in [2.45, 2.75) is 31.7 Å². The van der Waals surface area contributed by atoms with Crippen LogP contribution in [0, 0.1) is 0 Å². The molecule has 0 saturated carbocycles. The molecule has 23 heavy (non-hydrogen) atoms. The van der Waals surface area contributed by atoms with Gasteiger partial charge in [0.1, 0.15) is 11.5 Å². The van der Waals surface area contributed by atoms with E-state index < -0.39 is 0 Å². The summed E-state index contributed by atoms with van der Waals surface area (Å²) in [7, 11) is 3.37. The van der Waals surface area contributed by atoms with Crippen LogP contribution in [-0.4, -0.2) is 56.1 Å². The minimum atomic E-state index is 0.228. The molecule has 0 aliphatic carbocycles. The van der Waals surface area contributed by atoms with Crippen molar-refractivity contribution in [1.82, 2.24) is 9.80 Å². The third-order valence-corrected chi connectivity index (χ3v) is 4.96. The number of rotatable bonds is 5. The van der Waals surface area contributed by atoms with Crippen molar-refractivity contribution in [1.29, 1.82) is 0 Å². The lowest BCUT2D eigenvalue weighted by atomic mass is 10.0. The lowest BCUT2D eigenvalue weighted by Crippen LogP contribution is -2.38. The van der Waals surface area contributed by atoms with Crippen molar-refractivity contribution in [3.63, 3.8) is 0 Å². The van der Waals surface area contributed by atoms with Crippen molar-refractivity contribution in [3.8, 4) is 11.5 Å². The number of nitrogens with zero attached hydrogens (tertiary/aromatic N) is 2. The molecule has 0 bridgehead atoms. The Morgan fingerprint density at radius 3 is 2.61 bits per heavy atom. The van der Waals surface area contributed by atoms with Gasteiger partial charge in [0.15, 0.2) is 0 Å². The van der Waals surface area contributed by atoms with Crippen LogP contribution in [0.2, 0.25) is 0 Å². The first kappa shape index (κ1) is 16.1. The molecule has 5 nitrogen and oxygen atoms in total. The summed E-state index contributed by atoms with van der Waals surface area (Å²) in [5.74, 6) is 1.96. The first-order valence-electron chi connectivity index (χ1n) is 8.46. The fourth-order valence-corrected chi connectivity index (χ4v) is 3.71. The molecule has 5 heteroatoms. The largest absolute Gasteiger partial charge is 0.497 e. The van der Waals surface area contributed by atoms with E-state index in [0.29, 0.717) is 6.54 Å². The summed E-state index contributed by atoms with van der Waals surface area (Å²) in [5, 5.41) is 0. The van der Waals surface area contributed by atoms with E-state index in [4.69, 9.17) is 9.47 Å². The van der Waals surface area contributed by atoms with Gasteiger partial charge in [-0.1, -0.05) is 0 Å². The minimum Gasteiger partial charge on any atom is -0.497 e. The summed E-state index contributed by atoms with van der Waals surface area (Å²) in [4.78, 5) is 16.8. The number of carbonyl (C=O) groups excluding carboxylic acids is 1. The number of carbonyl (C=O) groups is 1. The number of hydrogen-bond acceptors (Lipinski definition) is 4. The van der Waals surface area contributed by atoms with Gasteiger partial charge in [-0.25, -0.2) is 0 Å². The van der Waals surface area contributed by atoms with E-state index in [1.165, 1.54) is 0 Å². The van der Waals surface area contributed by atoms with E-state index >= 15 is 0 Å². The molecular weight excluding hydrogens is 292 g/mol. The Balaban J connectivity index is 1.76. The molecule has 126 valence electrons. The summed E-state index contributed by atoms with van der Waals surface area (Å²) in [6.07, 6.45) is 4.44. The molecule has 1 aromatic carbocycles.